The number of nitrogens with zero attached hydrogens (tertiary/aromatic N) is 1. The van der Waals surface area contributed by atoms with E-state index in [-0.39, 0.29) is 0 Å². The molecule has 22 heavy (non-hydrogen) atoms. The SMILES string of the molecule is CCNC(=NCc1cccc(OCC(F)F)c1)NCCOC. The fourth-order valence-corrected chi connectivity index (χ4v) is 1.68. The first-order valence-electron chi connectivity index (χ1n) is 7.16. The molecule has 0 unspecified atom stereocenters. The predicted molar refractivity (Wildman–Crippen MR) is 82.6 cm³/mol. The third-order valence-corrected chi connectivity index (χ3v) is 2.64. The van der Waals surface area contributed by atoms with Crippen molar-refractivity contribution >= 4 is 5.96 Å². The maximum atomic E-state index is 12.1. The quantitative estimate of drug-likeness (QED) is 0.416. The summed E-state index contributed by atoms with van der Waals surface area (Å²) < 4.78 is 34.2. The van der Waals surface area contributed by atoms with Crippen molar-refractivity contribution in [2.75, 3.05) is 33.4 Å². The summed E-state index contributed by atoms with van der Waals surface area (Å²) in [5, 5.41) is 6.25. The third-order valence-electron chi connectivity index (χ3n) is 2.64. The normalized spacial score (nSPS) is 11.6. The lowest BCUT2D eigenvalue weighted by Gasteiger charge is -2.11. The second kappa shape index (κ2) is 10.8. The Bertz CT molecular complexity index is 456. The Morgan fingerprint density at radius 1 is 1.32 bits per heavy atom. The number of ether oxygens (including phenoxy) is 2. The van der Waals surface area contributed by atoms with Crippen LogP contribution in [-0.2, 0) is 11.3 Å². The van der Waals surface area contributed by atoms with Gasteiger partial charge in [0.2, 0.25) is 0 Å². The molecule has 0 saturated carbocycles. The number of aliphatic imine (C=N–C) groups is 1. The molecule has 0 saturated heterocycles. The van der Waals surface area contributed by atoms with Crippen LogP contribution in [0.25, 0.3) is 0 Å². The van der Waals surface area contributed by atoms with Crippen molar-refractivity contribution in [3.8, 4) is 5.75 Å². The molecule has 0 aliphatic heterocycles. The second-order valence-corrected chi connectivity index (χ2v) is 4.46. The maximum Gasteiger partial charge on any atom is 0.272 e. The lowest BCUT2D eigenvalue weighted by Crippen LogP contribution is -2.38. The highest BCUT2D eigenvalue weighted by Gasteiger charge is 2.04. The third kappa shape index (κ3) is 7.78. The van der Waals surface area contributed by atoms with Gasteiger partial charge in [-0.05, 0) is 24.6 Å². The average Bonchev–Trinajstić information content (AvgIpc) is 2.51. The zero-order chi connectivity index (χ0) is 16.2. The number of hydrogen-bond donors (Lipinski definition) is 2. The van der Waals surface area contributed by atoms with Gasteiger partial charge in [0.15, 0.2) is 5.96 Å². The summed E-state index contributed by atoms with van der Waals surface area (Å²) in [6.07, 6.45) is -2.48. The number of benzene rings is 1. The van der Waals surface area contributed by atoms with Crippen LogP contribution in [0.5, 0.6) is 5.75 Å². The van der Waals surface area contributed by atoms with E-state index in [1.807, 2.05) is 13.0 Å². The van der Waals surface area contributed by atoms with Gasteiger partial charge in [0.05, 0.1) is 13.2 Å². The zero-order valence-corrected chi connectivity index (χ0v) is 12.9. The molecule has 1 rings (SSSR count). The molecule has 2 N–H and O–H groups in total. The Morgan fingerprint density at radius 3 is 2.82 bits per heavy atom. The minimum atomic E-state index is -2.48. The molecule has 7 heteroatoms. The molecule has 0 bridgehead atoms. The monoisotopic (exact) mass is 315 g/mol. The van der Waals surface area contributed by atoms with Crippen molar-refractivity contribution in [3.63, 3.8) is 0 Å². The van der Waals surface area contributed by atoms with Crippen molar-refractivity contribution in [3.05, 3.63) is 29.8 Å². The number of methoxy groups -OCH3 is 1. The minimum Gasteiger partial charge on any atom is -0.488 e. The molecule has 0 aliphatic rings. The van der Waals surface area contributed by atoms with Crippen LogP contribution in [0.3, 0.4) is 0 Å². The number of hydrogen-bond acceptors (Lipinski definition) is 3. The maximum absolute atomic E-state index is 12.1. The van der Waals surface area contributed by atoms with E-state index in [0.29, 0.717) is 31.4 Å². The Labute approximate surface area is 129 Å². The van der Waals surface area contributed by atoms with Crippen LogP contribution in [0.4, 0.5) is 8.78 Å². The van der Waals surface area contributed by atoms with Gasteiger partial charge in [-0.2, -0.15) is 0 Å². The molecule has 0 spiro atoms. The van der Waals surface area contributed by atoms with Crippen molar-refractivity contribution in [2.24, 2.45) is 4.99 Å². The fraction of sp³-hybridized carbons (Fsp3) is 0.533. The van der Waals surface area contributed by atoms with Gasteiger partial charge in [0.25, 0.3) is 6.43 Å². The second-order valence-electron chi connectivity index (χ2n) is 4.46. The first-order valence-corrected chi connectivity index (χ1v) is 7.16. The smallest absolute Gasteiger partial charge is 0.272 e. The standard InChI is InChI=1S/C15H23F2N3O2/c1-3-18-15(19-7-8-21-2)20-10-12-5-4-6-13(9-12)22-11-14(16)17/h4-6,9,14H,3,7-8,10-11H2,1-2H3,(H2,18,19,20). The van der Waals surface area contributed by atoms with Gasteiger partial charge in [-0.25, -0.2) is 13.8 Å². The number of alkyl halides is 2. The lowest BCUT2D eigenvalue weighted by molar-refractivity contribution is 0.0818. The Balaban J connectivity index is 2.58. The highest BCUT2D eigenvalue weighted by atomic mass is 19.3. The molecule has 0 aliphatic carbocycles. The van der Waals surface area contributed by atoms with Crippen molar-refractivity contribution in [1.82, 2.24) is 10.6 Å². The van der Waals surface area contributed by atoms with Gasteiger partial charge >= 0.3 is 0 Å². The van der Waals surface area contributed by atoms with E-state index in [0.717, 1.165) is 12.1 Å². The molecular weight excluding hydrogens is 292 g/mol. The van der Waals surface area contributed by atoms with Crippen molar-refractivity contribution in [2.45, 2.75) is 19.9 Å². The number of halogens is 2. The minimum absolute atomic E-state index is 0.422. The van der Waals surface area contributed by atoms with E-state index in [1.54, 1.807) is 25.3 Å². The molecule has 5 nitrogen and oxygen atoms in total. The Hall–Kier alpha value is -1.89. The predicted octanol–water partition coefficient (Wildman–Crippen LogP) is 2.03. The van der Waals surface area contributed by atoms with Crippen LogP contribution in [0.2, 0.25) is 0 Å². The first-order chi connectivity index (χ1) is 10.7. The van der Waals surface area contributed by atoms with Crippen molar-refractivity contribution < 1.29 is 18.3 Å². The van der Waals surface area contributed by atoms with Gasteiger partial charge in [-0.1, -0.05) is 12.1 Å². The highest BCUT2D eigenvalue weighted by molar-refractivity contribution is 5.79. The average molecular weight is 315 g/mol. The van der Waals surface area contributed by atoms with E-state index in [1.165, 1.54) is 0 Å². The van der Waals surface area contributed by atoms with Crippen LogP contribution in [-0.4, -0.2) is 45.8 Å². The highest BCUT2D eigenvalue weighted by Crippen LogP contribution is 2.14. The zero-order valence-electron chi connectivity index (χ0n) is 12.9. The molecule has 1 aromatic rings. The molecule has 124 valence electrons. The van der Waals surface area contributed by atoms with Gasteiger partial charge in [-0.3, -0.25) is 0 Å². The summed E-state index contributed by atoms with van der Waals surface area (Å²) in [5.74, 6) is 1.10. The van der Waals surface area contributed by atoms with Crippen LogP contribution in [0.15, 0.2) is 29.3 Å². The fourth-order valence-electron chi connectivity index (χ4n) is 1.68. The first kappa shape index (κ1) is 18.2. The summed E-state index contributed by atoms with van der Waals surface area (Å²) in [7, 11) is 1.64. The Kier molecular flexibility index (Phi) is 8.90. The summed E-state index contributed by atoms with van der Waals surface area (Å²) >= 11 is 0. The topological polar surface area (TPSA) is 54.9 Å². The van der Waals surface area contributed by atoms with E-state index >= 15 is 0 Å². The summed E-state index contributed by atoms with van der Waals surface area (Å²) in [6.45, 7) is 3.78. The molecule has 0 radical (unpaired) electrons. The van der Waals surface area contributed by atoms with E-state index in [4.69, 9.17) is 9.47 Å². The molecule has 0 amide bonds. The molecule has 1 aromatic carbocycles. The number of nitrogens with one attached hydrogen (secondary N) is 2. The van der Waals surface area contributed by atoms with Crippen molar-refractivity contribution in [1.29, 1.82) is 0 Å². The van der Waals surface area contributed by atoms with Crippen LogP contribution < -0.4 is 15.4 Å². The summed E-state index contributed by atoms with van der Waals surface area (Å²) in [5.41, 5.74) is 0.885. The van der Waals surface area contributed by atoms with Crippen LogP contribution in [0.1, 0.15) is 12.5 Å². The van der Waals surface area contributed by atoms with Gasteiger partial charge in [0, 0.05) is 20.2 Å². The summed E-state index contributed by atoms with van der Waals surface area (Å²) in [4.78, 5) is 4.43. The van der Waals surface area contributed by atoms with E-state index < -0.39 is 13.0 Å². The van der Waals surface area contributed by atoms with Gasteiger partial charge in [-0.15, -0.1) is 0 Å². The van der Waals surface area contributed by atoms with Crippen LogP contribution >= 0.6 is 0 Å². The molecule has 0 fully saturated rings. The molecule has 0 aromatic heterocycles. The number of guanidine groups is 1. The van der Waals surface area contributed by atoms with Gasteiger partial charge in [0.1, 0.15) is 12.4 Å². The summed E-state index contributed by atoms with van der Waals surface area (Å²) in [6, 6.07) is 7.00. The lowest BCUT2D eigenvalue weighted by atomic mass is 10.2. The van der Waals surface area contributed by atoms with E-state index in [2.05, 4.69) is 15.6 Å². The molecule has 0 heterocycles. The van der Waals surface area contributed by atoms with Crippen LogP contribution in [0, 0.1) is 0 Å². The largest absolute Gasteiger partial charge is 0.488 e. The van der Waals surface area contributed by atoms with E-state index in [9.17, 15) is 8.78 Å². The molecule has 0 atom stereocenters. The number of rotatable bonds is 9. The van der Waals surface area contributed by atoms with Gasteiger partial charge < -0.3 is 20.1 Å². The Morgan fingerprint density at radius 2 is 2.14 bits per heavy atom. The molecular formula is C15H23F2N3O2.